The summed E-state index contributed by atoms with van der Waals surface area (Å²) in [7, 11) is 2.27. The van der Waals surface area contributed by atoms with Crippen LogP contribution >= 0.6 is 0 Å². The van der Waals surface area contributed by atoms with Gasteiger partial charge in [0.05, 0.1) is 20.1 Å². The number of carbonyl (C=O) groups is 1. The number of quaternary nitrogens is 1. The number of esters is 1. The summed E-state index contributed by atoms with van der Waals surface area (Å²) >= 11 is 0. The third-order valence-electron chi connectivity index (χ3n) is 7.58. The van der Waals surface area contributed by atoms with Crippen molar-refractivity contribution in [3.63, 3.8) is 0 Å². The molecule has 32 heavy (non-hydrogen) atoms. The first kappa shape index (κ1) is 23.0. The number of hydrogen-bond donors (Lipinski definition) is 0. The van der Waals surface area contributed by atoms with Gasteiger partial charge in [-0.15, -0.1) is 0 Å². The highest BCUT2D eigenvalue weighted by Crippen LogP contribution is 2.40. The van der Waals surface area contributed by atoms with E-state index in [1.54, 1.807) is 12.1 Å². The average Bonchev–Trinajstić information content (AvgIpc) is 3.35. The number of benzene rings is 2. The molecule has 0 amide bonds. The van der Waals surface area contributed by atoms with E-state index in [0.29, 0.717) is 5.56 Å². The van der Waals surface area contributed by atoms with E-state index in [0.717, 1.165) is 75.5 Å². The number of ether oxygens (including phenoxy) is 1. The van der Waals surface area contributed by atoms with Crippen LogP contribution in [0.15, 0.2) is 60.7 Å². The maximum absolute atomic E-state index is 14.1. The Morgan fingerprint density at radius 2 is 1.66 bits per heavy atom. The zero-order chi connectivity index (χ0) is 22.4. The number of nitrogens with zero attached hydrogens (tertiary/aromatic N) is 1. The van der Waals surface area contributed by atoms with Gasteiger partial charge in [0.25, 0.3) is 0 Å². The first-order valence-electron chi connectivity index (χ1n) is 12.3. The minimum absolute atomic E-state index is 0.170. The monoisotopic (exact) mass is 435 g/mol. The Morgan fingerprint density at radius 3 is 2.34 bits per heavy atom. The quantitative estimate of drug-likeness (QED) is 0.461. The van der Waals surface area contributed by atoms with Crippen molar-refractivity contribution in [2.24, 2.45) is 5.92 Å². The molecule has 2 aromatic rings. The van der Waals surface area contributed by atoms with Gasteiger partial charge in [-0.2, -0.15) is 0 Å². The number of rotatable bonds is 8. The summed E-state index contributed by atoms with van der Waals surface area (Å²) in [6.45, 7) is 2.97. The van der Waals surface area contributed by atoms with E-state index in [-0.39, 0.29) is 12.0 Å². The summed E-state index contributed by atoms with van der Waals surface area (Å²) in [6.07, 6.45) is 7.56. The molecule has 0 spiro atoms. The Bertz CT molecular complexity index is 865. The molecular formula is C28H37NO3. The predicted molar refractivity (Wildman–Crippen MR) is 125 cm³/mol. The zero-order valence-electron chi connectivity index (χ0n) is 19.4. The average molecular weight is 436 g/mol. The number of likely N-dealkylation sites (N-methyl/N-ethyl adjacent to an activating group) is 1. The Labute approximate surface area is 192 Å². The minimum atomic E-state index is -1.79. The van der Waals surface area contributed by atoms with Gasteiger partial charge in [0, 0.05) is 18.4 Å². The molecule has 4 rings (SSSR count). The van der Waals surface area contributed by atoms with E-state index in [1.807, 2.05) is 18.2 Å². The number of carbonyl (C=O) groups excluding carboxylic acids is 1. The lowest BCUT2D eigenvalue weighted by Gasteiger charge is -2.46. The van der Waals surface area contributed by atoms with Gasteiger partial charge in [0.15, 0.2) is 6.10 Å². The predicted octanol–water partition coefficient (Wildman–Crippen LogP) is 4.22. The summed E-state index contributed by atoms with van der Waals surface area (Å²) in [5.41, 5.74) is 0.147. The van der Waals surface area contributed by atoms with Gasteiger partial charge in [-0.25, -0.2) is 0 Å². The van der Waals surface area contributed by atoms with Crippen molar-refractivity contribution >= 4 is 5.97 Å². The molecule has 2 aliphatic rings. The number of likely N-dealkylation sites (tertiary alicyclic amines) is 1. The highest BCUT2D eigenvalue weighted by molar-refractivity contribution is 5.81. The van der Waals surface area contributed by atoms with Gasteiger partial charge in [-0.1, -0.05) is 86.3 Å². The van der Waals surface area contributed by atoms with Crippen molar-refractivity contribution in [1.82, 2.24) is 0 Å². The molecule has 1 aliphatic carbocycles. The molecule has 2 unspecified atom stereocenters. The summed E-state index contributed by atoms with van der Waals surface area (Å²) in [4.78, 5) is 13.4. The smallest absolute Gasteiger partial charge is 0.300 e. The van der Waals surface area contributed by atoms with Gasteiger partial charge in [0.1, 0.15) is 6.54 Å². The number of hydrogen-bond acceptors (Lipinski definition) is 3. The summed E-state index contributed by atoms with van der Waals surface area (Å²) in [6, 6.07) is 19.8. The van der Waals surface area contributed by atoms with Crippen molar-refractivity contribution in [1.29, 1.82) is 0 Å². The van der Waals surface area contributed by atoms with Crippen molar-refractivity contribution in [2.45, 2.75) is 63.1 Å². The fourth-order valence-corrected chi connectivity index (χ4v) is 5.76. The van der Waals surface area contributed by atoms with Crippen LogP contribution < -0.4 is 5.11 Å². The lowest BCUT2D eigenvalue weighted by atomic mass is 9.80. The molecule has 1 aliphatic heterocycles. The second-order valence-electron chi connectivity index (χ2n) is 10.1. The third kappa shape index (κ3) is 5.24. The third-order valence-corrected chi connectivity index (χ3v) is 7.58. The molecule has 2 fully saturated rings. The van der Waals surface area contributed by atoms with Crippen LogP contribution in [-0.2, 0) is 21.6 Å². The molecule has 0 N–H and O–H groups in total. The maximum atomic E-state index is 14.1. The molecule has 4 heteroatoms. The Balaban J connectivity index is 1.40. The molecule has 0 aromatic heterocycles. The lowest BCUT2D eigenvalue weighted by Crippen LogP contribution is -2.58. The van der Waals surface area contributed by atoms with Crippen LogP contribution in [0.5, 0.6) is 0 Å². The van der Waals surface area contributed by atoms with Crippen molar-refractivity contribution in [3.05, 3.63) is 71.8 Å². The van der Waals surface area contributed by atoms with Crippen LogP contribution in [0, 0.1) is 5.92 Å². The Kier molecular flexibility index (Phi) is 7.32. The fraction of sp³-hybridized carbons (Fsp3) is 0.536. The van der Waals surface area contributed by atoms with Crippen LogP contribution in [0.1, 0.15) is 56.1 Å². The van der Waals surface area contributed by atoms with E-state index >= 15 is 0 Å². The molecule has 3 atom stereocenters. The molecular weight excluding hydrogens is 398 g/mol. The van der Waals surface area contributed by atoms with Gasteiger partial charge in [0.2, 0.25) is 0 Å². The van der Waals surface area contributed by atoms with E-state index in [1.165, 1.54) is 5.56 Å². The van der Waals surface area contributed by atoms with E-state index < -0.39 is 11.6 Å². The first-order chi connectivity index (χ1) is 15.5. The van der Waals surface area contributed by atoms with Gasteiger partial charge in [-0.3, -0.25) is 4.79 Å². The molecule has 0 bridgehead atoms. The highest BCUT2D eigenvalue weighted by atomic mass is 16.6. The normalized spacial score (nSPS) is 25.9. The van der Waals surface area contributed by atoms with Gasteiger partial charge >= 0.3 is 5.97 Å². The van der Waals surface area contributed by atoms with Crippen molar-refractivity contribution in [2.75, 3.05) is 26.7 Å². The molecule has 0 radical (unpaired) electrons. The molecule has 1 heterocycles. The standard InChI is InChI=1S/C28H37NO3/c1-29(20-10-14-23-12-4-2-5-13-23)21-11-19-26(22-29)32-27(30)28(31,25-17-8-9-18-25)24-15-6-3-7-16-24/h2-7,12-13,15-16,25-26H,8-11,14,17-22H2,1H3/t26?,28?,29-/m1/s1. The summed E-state index contributed by atoms with van der Waals surface area (Å²) < 4.78 is 6.92. The molecule has 1 saturated heterocycles. The van der Waals surface area contributed by atoms with E-state index in [9.17, 15) is 9.90 Å². The maximum Gasteiger partial charge on any atom is 0.300 e. The summed E-state index contributed by atoms with van der Waals surface area (Å²) in [5.74, 6) is -0.730. The van der Waals surface area contributed by atoms with Gasteiger partial charge < -0.3 is 14.3 Å². The fourth-order valence-electron chi connectivity index (χ4n) is 5.76. The SMILES string of the molecule is C[N@@+]1(CCCc2ccccc2)CCCC(OC(=O)C([O-])(c2ccccc2)C2CCCC2)C1. The summed E-state index contributed by atoms with van der Waals surface area (Å²) in [5, 5.41) is 14.1. The molecule has 4 nitrogen and oxygen atoms in total. The Hall–Kier alpha value is -2.17. The number of aryl methyl sites for hydroxylation is 1. The lowest BCUT2D eigenvalue weighted by molar-refractivity contribution is -0.917. The molecule has 172 valence electrons. The number of piperidine rings is 1. The van der Waals surface area contributed by atoms with Crippen LogP contribution in [-0.4, -0.2) is 43.2 Å². The van der Waals surface area contributed by atoms with Gasteiger partial charge in [-0.05, 0) is 29.9 Å². The molecule has 2 aromatic carbocycles. The largest absolute Gasteiger partial charge is 0.837 e. The zero-order valence-corrected chi connectivity index (χ0v) is 19.4. The Morgan fingerprint density at radius 1 is 1.00 bits per heavy atom. The first-order valence-corrected chi connectivity index (χ1v) is 12.3. The second-order valence-corrected chi connectivity index (χ2v) is 10.1. The van der Waals surface area contributed by atoms with Crippen LogP contribution in [0.3, 0.4) is 0 Å². The minimum Gasteiger partial charge on any atom is -0.837 e. The van der Waals surface area contributed by atoms with Crippen molar-refractivity contribution < 1.29 is 19.1 Å². The highest BCUT2D eigenvalue weighted by Gasteiger charge is 2.41. The molecule has 1 saturated carbocycles. The van der Waals surface area contributed by atoms with Crippen LogP contribution in [0.2, 0.25) is 0 Å². The second kappa shape index (κ2) is 10.2. The van der Waals surface area contributed by atoms with E-state index in [4.69, 9.17) is 4.74 Å². The van der Waals surface area contributed by atoms with Crippen LogP contribution in [0.4, 0.5) is 0 Å². The van der Waals surface area contributed by atoms with Crippen molar-refractivity contribution in [3.8, 4) is 0 Å². The topological polar surface area (TPSA) is 49.4 Å². The van der Waals surface area contributed by atoms with Crippen LogP contribution in [0.25, 0.3) is 0 Å². The van der Waals surface area contributed by atoms with E-state index in [2.05, 4.69) is 37.4 Å².